The van der Waals surface area contributed by atoms with Crippen molar-refractivity contribution in [2.24, 2.45) is 11.7 Å². The zero-order valence-corrected chi connectivity index (χ0v) is 9.22. The van der Waals surface area contributed by atoms with E-state index in [1.165, 1.54) is 17.5 Å². The minimum Gasteiger partial charge on any atom is -0.330 e. The molecule has 1 nitrogen and oxygen atoms in total. The van der Waals surface area contributed by atoms with Crippen LogP contribution < -0.4 is 5.73 Å². The van der Waals surface area contributed by atoms with Crippen molar-refractivity contribution in [2.75, 3.05) is 6.54 Å². The second-order valence-corrected chi connectivity index (χ2v) is 4.64. The van der Waals surface area contributed by atoms with E-state index >= 15 is 0 Å². The van der Waals surface area contributed by atoms with Gasteiger partial charge in [0.25, 0.3) is 0 Å². The van der Waals surface area contributed by atoms with Crippen LogP contribution in [-0.2, 0) is 6.42 Å². The molecule has 1 aliphatic carbocycles. The van der Waals surface area contributed by atoms with E-state index in [0.717, 1.165) is 18.0 Å². The molecule has 0 aromatic heterocycles. The monoisotopic (exact) mass is 209 g/mol. The van der Waals surface area contributed by atoms with Gasteiger partial charge < -0.3 is 5.73 Å². The van der Waals surface area contributed by atoms with Crippen LogP contribution in [0.2, 0.25) is 5.02 Å². The Kier molecular flexibility index (Phi) is 2.80. The molecule has 1 aliphatic rings. The van der Waals surface area contributed by atoms with Crippen molar-refractivity contribution >= 4 is 11.6 Å². The zero-order chi connectivity index (χ0) is 10.1. The number of benzene rings is 1. The van der Waals surface area contributed by atoms with E-state index in [4.69, 9.17) is 17.3 Å². The molecular weight excluding hydrogens is 194 g/mol. The third kappa shape index (κ3) is 1.67. The molecular formula is C12H16ClN. The Hall–Kier alpha value is -0.530. The highest BCUT2D eigenvalue weighted by Gasteiger charge is 2.25. The Labute approximate surface area is 90.3 Å². The van der Waals surface area contributed by atoms with Gasteiger partial charge in [-0.05, 0) is 54.5 Å². The third-order valence-corrected chi connectivity index (χ3v) is 3.55. The molecule has 0 aliphatic heterocycles. The van der Waals surface area contributed by atoms with Crippen LogP contribution in [0.25, 0.3) is 0 Å². The number of nitrogens with two attached hydrogens (primary N) is 1. The van der Waals surface area contributed by atoms with Crippen LogP contribution in [0.5, 0.6) is 0 Å². The predicted octanol–water partition coefficient (Wildman–Crippen LogP) is 2.96. The fourth-order valence-corrected chi connectivity index (χ4v) is 2.60. The fourth-order valence-electron chi connectivity index (χ4n) is 2.40. The quantitative estimate of drug-likeness (QED) is 0.756. The first-order valence-corrected chi connectivity index (χ1v) is 5.58. The van der Waals surface area contributed by atoms with Gasteiger partial charge in [-0.15, -0.1) is 0 Å². The molecule has 2 N–H and O–H groups in total. The summed E-state index contributed by atoms with van der Waals surface area (Å²) in [5.41, 5.74) is 8.62. The van der Waals surface area contributed by atoms with Crippen molar-refractivity contribution in [3.05, 3.63) is 34.3 Å². The van der Waals surface area contributed by atoms with Gasteiger partial charge in [0, 0.05) is 5.02 Å². The van der Waals surface area contributed by atoms with Gasteiger partial charge >= 0.3 is 0 Å². The van der Waals surface area contributed by atoms with Crippen LogP contribution in [0.15, 0.2) is 18.2 Å². The second kappa shape index (κ2) is 3.92. The first kappa shape index (κ1) is 10.0. The first-order chi connectivity index (χ1) is 6.72. The summed E-state index contributed by atoms with van der Waals surface area (Å²) in [5.74, 6) is 1.23. The van der Waals surface area contributed by atoms with Gasteiger partial charge in [-0.25, -0.2) is 0 Å². The van der Waals surface area contributed by atoms with E-state index in [9.17, 15) is 0 Å². The van der Waals surface area contributed by atoms with E-state index in [0.29, 0.717) is 11.8 Å². The minimum atomic E-state index is 0.524. The van der Waals surface area contributed by atoms with Gasteiger partial charge in [-0.3, -0.25) is 0 Å². The molecule has 2 atom stereocenters. The topological polar surface area (TPSA) is 26.0 Å². The maximum Gasteiger partial charge on any atom is 0.0408 e. The van der Waals surface area contributed by atoms with Crippen molar-refractivity contribution in [1.82, 2.24) is 0 Å². The summed E-state index contributed by atoms with van der Waals surface area (Å²) < 4.78 is 0. The molecule has 0 amide bonds. The Balaban J connectivity index is 2.41. The van der Waals surface area contributed by atoms with Crippen molar-refractivity contribution < 1.29 is 0 Å². The Morgan fingerprint density at radius 1 is 1.50 bits per heavy atom. The fraction of sp³-hybridized carbons (Fsp3) is 0.500. The molecule has 0 radical (unpaired) electrons. The maximum atomic E-state index is 5.97. The average Bonchev–Trinajstić information content (AvgIpc) is 2.18. The van der Waals surface area contributed by atoms with Crippen molar-refractivity contribution in [3.63, 3.8) is 0 Å². The predicted molar refractivity (Wildman–Crippen MR) is 60.7 cm³/mol. The van der Waals surface area contributed by atoms with Gasteiger partial charge in [-0.2, -0.15) is 0 Å². The molecule has 0 heterocycles. The summed E-state index contributed by atoms with van der Waals surface area (Å²) in [5, 5.41) is 0.842. The largest absolute Gasteiger partial charge is 0.330 e. The molecule has 2 heteroatoms. The van der Waals surface area contributed by atoms with Crippen LogP contribution in [0.3, 0.4) is 0 Å². The molecule has 1 aromatic carbocycles. The lowest BCUT2D eigenvalue weighted by Gasteiger charge is -2.30. The van der Waals surface area contributed by atoms with Gasteiger partial charge in [-0.1, -0.05) is 24.6 Å². The number of hydrogen-bond donors (Lipinski definition) is 1. The number of halogens is 1. The van der Waals surface area contributed by atoms with E-state index in [1.54, 1.807) is 0 Å². The molecule has 0 saturated heterocycles. The van der Waals surface area contributed by atoms with Crippen molar-refractivity contribution in [3.8, 4) is 0 Å². The van der Waals surface area contributed by atoms with E-state index < -0.39 is 0 Å². The van der Waals surface area contributed by atoms with Gasteiger partial charge in [0.05, 0.1) is 0 Å². The lowest BCUT2D eigenvalue weighted by Crippen LogP contribution is -2.25. The Bertz CT molecular complexity index is 335. The van der Waals surface area contributed by atoms with Crippen LogP contribution in [-0.4, -0.2) is 6.54 Å². The lowest BCUT2D eigenvalue weighted by molar-refractivity contribution is 0.408. The standard InChI is InChI=1S/C12H16ClN/c1-8-2-3-9-6-10(13)4-5-11(9)12(8)7-14/h4-6,8,12H,2-3,7,14H2,1H3. The molecule has 0 fully saturated rings. The molecule has 1 aromatic rings. The van der Waals surface area contributed by atoms with Crippen LogP contribution in [0, 0.1) is 5.92 Å². The van der Waals surface area contributed by atoms with Gasteiger partial charge in [0.1, 0.15) is 0 Å². The SMILES string of the molecule is CC1CCc2cc(Cl)ccc2C1CN. The Morgan fingerprint density at radius 3 is 3.00 bits per heavy atom. The zero-order valence-electron chi connectivity index (χ0n) is 8.46. The normalized spacial score (nSPS) is 25.9. The first-order valence-electron chi connectivity index (χ1n) is 5.20. The van der Waals surface area contributed by atoms with E-state index in [-0.39, 0.29) is 0 Å². The summed E-state index contributed by atoms with van der Waals surface area (Å²) in [6.45, 7) is 3.03. The molecule has 0 saturated carbocycles. The summed E-state index contributed by atoms with van der Waals surface area (Å²) in [6, 6.07) is 6.21. The molecule has 2 unspecified atom stereocenters. The number of fused-ring (bicyclic) bond motifs is 1. The molecule has 2 rings (SSSR count). The summed E-state index contributed by atoms with van der Waals surface area (Å²) in [6.07, 6.45) is 2.38. The maximum absolute atomic E-state index is 5.97. The smallest absolute Gasteiger partial charge is 0.0408 e. The third-order valence-electron chi connectivity index (χ3n) is 3.31. The minimum absolute atomic E-state index is 0.524. The average molecular weight is 210 g/mol. The summed E-state index contributed by atoms with van der Waals surface area (Å²) >= 11 is 5.97. The van der Waals surface area contributed by atoms with Crippen molar-refractivity contribution in [1.29, 1.82) is 0 Å². The molecule has 14 heavy (non-hydrogen) atoms. The summed E-state index contributed by atoms with van der Waals surface area (Å²) in [4.78, 5) is 0. The molecule has 0 bridgehead atoms. The highest BCUT2D eigenvalue weighted by molar-refractivity contribution is 6.30. The highest BCUT2D eigenvalue weighted by atomic mass is 35.5. The molecule has 76 valence electrons. The molecule has 0 spiro atoms. The van der Waals surface area contributed by atoms with E-state index in [1.807, 2.05) is 6.07 Å². The van der Waals surface area contributed by atoms with Gasteiger partial charge in [0.15, 0.2) is 0 Å². The number of aryl methyl sites for hydroxylation is 1. The van der Waals surface area contributed by atoms with Gasteiger partial charge in [0.2, 0.25) is 0 Å². The van der Waals surface area contributed by atoms with Crippen molar-refractivity contribution in [2.45, 2.75) is 25.7 Å². The van der Waals surface area contributed by atoms with Crippen LogP contribution in [0.4, 0.5) is 0 Å². The number of hydrogen-bond acceptors (Lipinski definition) is 1. The van der Waals surface area contributed by atoms with Crippen LogP contribution >= 0.6 is 11.6 Å². The van der Waals surface area contributed by atoms with Crippen LogP contribution in [0.1, 0.15) is 30.4 Å². The van der Waals surface area contributed by atoms with E-state index in [2.05, 4.69) is 19.1 Å². The number of rotatable bonds is 1. The highest BCUT2D eigenvalue weighted by Crippen LogP contribution is 2.36. The lowest BCUT2D eigenvalue weighted by atomic mass is 9.76. The Morgan fingerprint density at radius 2 is 2.29 bits per heavy atom. The second-order valence-electron chi connectivity index (χ2n) is 4.20. The summed E-state index contributed by atoms with van der Waals surface area (Å²) in [7, 11) is 0.